The van der Waals surface area contributed by atoms with E-state index < -0.39 is 28.5 Å². The summed E-state index contributed by atoms with van der Waals surface area (Å²) in [6.07, 6.45) is 6.43. The van der Waals surface area contributed by atoms with Crippen molar-refractivity contribution < 1.29 is 18.0 Å². The fourth-order valence-electron chi connectivity index (χ4n) is 5.68. The number of anilines is 1. The third kappa shape index (κ3) is 8.13. The summed E-state index contributed by atoms with van der Waals surface area (Å²) in [5.41, 5.74) is 3.52. The van der Waals surface area contributed by atoms with Gasteiger partial charge in [0.05, 0.1) is 11.9 Å². The van der Waals surface area contributed by atoms with Crippen molar-refractivity contribution in [3.63, 3.8) is 0 Å². The van der Waals surface area contributed by atoms with Crippen molar-refractivity contribution in [1.82, 2.24) is 10.2 Å². The lowest BCUT2D eigenvalue weighted by Crippen LogP contribution is -2.55. The number of rotatable bonds is 11. The monoisotopic (exact) mass is 609 g/mol. The molecule has 1 aliphatic carbocycles. The standard InChI is InChI=1S/C33H40ClN3O4S/c1-24-13-12-14-25(2)32(24)37(42(3,40)41)23-31(38)36(22-27-17-10-11-20-29(27)34)30(21-26-15-6-4-7-16-26)33(39)35-28-18-8-5-9-19-28/h4,6-7,10-17,20,28,30H,5,8-9,18-19,21-23H2,1-3H3,(H,35,39). The van der Waals surface area contributed by atoms with Crippen LogP contribution < -0.4 is 9.62 Å². The second-order valence-electron chi connectivity index (χ2n) is 11.2. The fraction of sp³-hybridized carbons (Fsp3) is 0.394. The second-order valence-corrected chi connectivity index (χ2v) is 13.5. The average Bonchev–Trinajstić information content (AvgIpc) is 2.95. The molecule has 7 nitrogen and oxygen atoms in total. The van der Waals surface area contributed by atoms with Gasteiger partial charge in [0, 0.05) is 24.0 Å². The molecule has 0 bridgehead atoms. The predicted molar refractivity (Wildman–Crippen MR) is 169 cm³/mol. The van der Waals surface area contributed by atoms with E-state index in [4.69, 9.17) is 11.6 Å². The van der Waals surface area contributed by atoms with Crippen LogP contribution in [0.3, 0.4) is 0 Å². The molecule has 1 aliphatic rings. The number of carbonyl (C=O) groups excluding carboxylic acids is 2. The van der Waals surface area contributed by atoms with Crippen LogP contribution in [0.4, 0.5) is 5.69 Å². The molecule has 0 aromatic heterocycles. The van der Waals surface area contributed by atoms with Crippen LogP contribution in [0.15, 0.2) is 72.8 Å². The Balaban J connectivity index is 1.76. The number of nitrogens with one attached hydrogen (secondary N) is 1. The maximum atomic E-state index is 14.3. The molecule has 1 fully saturated rings. The van der Waals surface area contributed by atoms with E-state index in [9.17, 15) is 18.0 Å². The van der Waals surface area contributed by atoms with Gasteiger partial charge in [0.15, 0.2) is 0 Å². The van der Waals surface area contributed by atoms with Crippen LogP contribution in [0.5, 0.6) is 0 Å². The molecular formula is C33H40ClN3O4S. The van der Waals surface area contributed by atoms with Gasteiger partial charge in [0.2, 0.25) is 21.8 Å². The highest BCUT2D eigenvalue weighted by Crippen LogP contribution is 2.28. The van der Waals surface area contributed by atoms with Crippen LogP contribution in [0.1, 0.15) is 54.4 Å². The van der Waals surface area contributed by atoms with Crippen LogP contribution in [0.2, 0.25) is 5.02 Å². The van der Waals surface area contributed by atoms with Crippen LogP contribution in [-0.2, 0) is 32.6 Å². The van der Waals surface area contributed by atoms with E-state index in [-0.39, 0.29) is 24.9 Å². The number of amides is 2. The molecule has 1 unspecified atom stereocenters. The molecule has 1 saturated carbocycles. The van der Waals surface area contributed by atoms with Crippen molar-refractivity contribution in [3.05, 3.63) is 100 Å². The first-order chi connectivity index (χ1) is 20.0. The van der Waals surface area contributed by atoms with Crippen LogP contribution in [-0.4, -0.2) is 50.0 Å². The van der Waals surface area contributed by atoms with Gasteiger partial charge in [-0.2, -0.15) is 0 Å². The van der Waals surface area contributed by atoms with E-state index in [0.717, 1.165) is 59.4 Å². The maximum Gasteiger partial charge on any atom is 0.244 e. The van der Waals surface area contributed by atoms with E-state index in [1.807, 2.05) is 80.6 Å². The Morgan fingerprint density at radius 3 is 2.14 bits per heavy atom. The van der Waals surface area contributed by atoms with Gasteiger partial charge in [-0.25, -0.2) is 8.42 Å². The number of hydrogen-bond donors (Lipinski definition) is 1. The summed E-state index contributed by atoms with van der Waals surface area (Å²) in [5.74, 6) is -0.730. The van der Waals surface area contributed by atoms with Gasteiger partial charge >= 0.3 is 0 Å². The molecule has 3 aromatic carbocycles. The van der Waals surface area contributed by atoms with Crippen molar-refractivity contribution >= 4 is 39.1 Å². The molecule has 224 valence electrons. The number of nitrogens with zero attached hydrogens (tertiary/aromatic N) is 2. The normalized spacial score (nSPS) is 14.7. The SMILES string of the molecule is Cc1cccc(C)c1N(CC(=O)N(Cc1ccccc1Cl)C(Cc1ccccc1)C(=O)NC1CCCCC1)S(C)(=O)=O. The Labute approximate surface area is 254 Å². The molecule has 0 saturated heterocycles. The average molecular weight is 610 g/mol. The quantitative estimate of drug-likeness (QED) is 0.297. The molecule has 2 amide bonds. The van der Waals surface area contributed by atoms with Crippen LogP contribution in [0.25, 0.3) is 0 Å². The van der Waals surface area contributed by atoms with Gasteiger partial charge in [0.25, 0.3) is 0 Å². The number of carbonyl (C=O) groups is 2. The number of para-hydroxylation sites is 1. The molecule has 1 N–H and O–H groups in total. The number of benzene rings is 3. The van der Waals surface area contributed by atoms with E-state index in [1.54, 1.807) is 6.07 Å². The third-order valence-electron chi connectivity index (χ3n) is 7.89. The number of sulfonamides is 1. The summed E-state index contributed by atoms with van der Waals surface area (Å²) in [7, 11) is -3.84. The highest BCUT2D eigenvalue weighted by atomic mass is 35.5. The zero-order valence-corrected chi connectivity index (χ0v) is 26.1. The smallest absolute Gasteiger partial charge is 0.244 e. The minimum Gasteiger partial charge on any atom is -0.352 e. The Bertz CT molecular complexity index is 1470. The molecule has 0 radical (unpaired) electrons. The summed E-state index contributed by atoms with van der Waals surface area (Å²) in [4.78, 5) is 29.9. The topological polar surface area (TPSA) is 86.8 Å². The largest absolute Gasteiger partial charge is 0.352 e. The fourth-order valence-corrected chi connectivity index (χ4v) is 6.84. The first-order valence-electron chi connectivity index (χ1n) is 14.5. The van der Waals surface area contributed by atoms with Crippen molar-refractivity contribution in [2.24, 2.45) is 0 Å². The van der Waals surface area contributed by atoms with E-state index >= 15 is 0 Å². The Hall–Kier alpha value is -3.36. The summed E-state index contributed by atoms with van der Waals surface area (Å²) >= 11 is 6.54. The van der Waals surface area contributed by atoms with Gasteiger partial charge < -0.3 is 10.2 Å². The van der Waals surface area contributed by atoms with Gasteiger partial charge in [-0.1, -0.05) is 97.6 Å². The molecule has 3 aromatic rings. The Kier molecular flexibility index (Phi) is 10.7. The lowest BCUT2D eigenvalue weighted by Gasteiger charge is -2.35. The Morgan fingerprint density at radius 2 is 1.52 bits per heavy atom. The van der Waals surface area contributed by atoms with E-state index in [2.05, 4.69) is 5.32 Å². The highest BCUT2D eigenvalue weighted by Gasteiger charge is 2.35. The number of halogens is 1. The molecule has 4 rings (SSSR count). The molecule has 9 heteroatoms. The lowest BCUT2D eigenvalue weighted by molar-refractivity contribution is -0.140. The summed E-state index contributed by atoms with van der Waals surface area (Å²) < 4.78 is 27.4. The molecule has 0 spiro atoms. The first-order valence-corrected chi connectivity index (χ1v) is 16.7. The first kappa shape index (κ1) is 31.6. The minimum absolute atomic E-state index is 0.0453. The summed E-state index contributed by atoms with van der Waals surface area (Å²) in [6.45, 7) is 3.25. The zero-order chi connectivity index (χ0) is 30.3. The Morgan fingerprint density at radius 1 is 0.905 bits per heavy atom. The van der Waals surface area contributed by atoms with Crippen molar-refractivity contribution in [1.29, 1.82) is 0 Å². The minimum atomic E-state index is -3.84. The molecule has 1 atom stereocenters. The van der Waals surface area contributed by atoms with E-state index in [1.165, 1.54) is 4.90 Å². The van der Waals surface area contributed by atoms with Gasteiger partial charge in [0.1, 0.15) is 12.6 Å². The predicted octanol–water partition coefficient (Wildman–Crippen LogP) is 5.81. The van der Waals surface area contributed by atoms with Gasteiger partial charge in [-0.3, -0.25) is 13.9 Å². The van der Waals surface area contributed by atoms with Crippen molar-refractivity contribution in [3.8, 4) is 0 Å². The highest BCUT2D eigenvalue weighted by molar-refractivity contribution is 7.92. The zero-order valence-electron chi connectivity index (χ0n) is 24.6. The molecule has 0 aliphatic heterocycles. The van der Waals surface area contributed by atoms with Crippen LogP contribution in [0, 0.1) is 13.8 Å². The van der Waals surface area contributed by atoms with Gasteiger partial charge in [-0.15, -0.1) is 0 Å². The van der Waals surface area contributed by atoms with Crippen molar-refractivity contribution in [2.75, 3.05) is 17.1 Å². The third-order valence-corrected chi connectivity index (χ3v) is 9.37. The number of aryl methyl sites for hydroxylation is 2. The van der Waals surface area contributed by atoms with Crippen molar-refractivity contribution in [2.45, 2.75) is 71.0 Å². The maximum absolute atomic E-state index is 14.3. The molecular weight excluding hydrogens is 570 g/mol. The summed E-state index contributed by atoms with van der Waals surface area (Å²) in [5, 5.41) is 3.68. The molecule has 42 heavy (non-hydrogen) atoms. The molecule has 0 heterocycles. The van der Waals surface area contributed by atoms with Gasteiger partial charge in [-0.05, 0) is 55.0 Å². The van der Waals surface area contributed by atoms with E-state index in [0.29, 0.717) is 16.3 Å². The second kappa shape index (κ2) is 14.2. The number of hydrogen-bond acceptors (Lipinski definition) is 4. The summed E-state index contributed by atoms with van der Waals surface area (Å²) in [6, 6.07) is 21.4. The lowest BCUT2D eigenvalue weighted by atomic mass is 9.94. The van der Waals surface area contributed by atoms with Crippen LogP contribution >= 0.6 is 11.6 Å².